The summed E-state index contributed by atoms with van der Waals surface area (Å²) in [6.45, 7) is 6.14. The van der Waals surface area contributed by atoms with E-state index >= 15 is 0 Å². The molecule has 0 atom stereocenters. The van der Waals surface area contributed by atoms with Gasteiger partial charge in [-0.3, -0.25) is 0 Å². The molecule has 0 spiro atoms. The molecule has 1 aromatic carbocycles. The van der Waals surface area contributed by atoms with Crippen molar-refractivity contribution in [3.63, 3.8) is 0 Å². The Hall–Kier alpha value is -1.74. The van der Waals surface area contributed by atoms with Gasteiger partial charge in [0.25, 0.3) is 0 Å². The van der Waals surface area contributed by atoms with Gasteiger partial charge in [-0.2, -0.15) is 0 Å². The Morgan fingerprint density at radius 2 is 2.00 bits per heavy atom. The van der Waals surface area contributed by atoms with Crippen molar-refractivity contribution in [2.75, 3.05) is 4.90 Å². The van der Waals surface area contributed by atoms with Crippen molar-refractivity contribution >= 4 is 5.69 Å². The lowest BCUT2D eigenvalue weighted by molar-refractivity contribution is 0.500. The van der Waals surface area contributed by atoms with E-state index < -0.39 is 0 Å². The Labute approximate surface area is 127 Å². The lowest BCUT2D eigenvalue weighted by atomic mass is 10.1. The molecule has 1 heterocycles. The highest BCUT2D eigenvalue weighted by Gasteiger charge is 2.30. The molecular formula is C18H24N2O. The van der Waals surface area contributed by atoms with Crippen LogP contribution in [0.25, 0.3) is 0 Å². The van der Waals surface area contributed by atoms with Gasteiger partial charge in [0, 0.05) is 24.3 Å². The van der Waals surface area contributed by atoms with Gasteiger partial charge in [0.15, 0.2) is 0 Å². The van der Waals surface area contributed by atoms with Crippen molar-refractivity contribution in [2.45, 2.75) is 51.9 Å². The molecule has 1 N–H and O–H groups in total. The molecule has 3 nitrogen and oxygen atoms in total. The second-order valence-corrected chi connectivity index (χ2v) is 6.10. The van der Waals surface area contributed by atoms with Crippen molar-refractivity contribution in [2.24, 2.45) is 0 Å². The predicted molar refractivity (Wildman–Crippen MR) is 86.3 cm³/mol. The third-order valence-corrected chi connectivity index (χ3v) is 3.90. The van der Waals surface area contributed by atoms with Crippen molar-refractivity contribution < 1.29 is 4.42 Å². The SMILES string of the molecule is CC(C)NCc1ccccc1N(Cc1ccco1)C1CC1. The molecule has 1 aromatic heterocycles. The maximum Gasteiger partial charge on any atom is 0.123 e. The van der Waals surface area contributed by atoms with Crippen LogP contribution in [-0.4, -0.2) is 12.1 Å². The normalized spacial score (nSPS) is 14.6. The first-order valence-electron chi connectivity index (χ1n) is 7.84. The number of para-hydroxylation sites is 1. The first-order chi connectivity index (χ1) is 10.2. The Bertz CT molecular complexity index is 558. The van der Waals surface area contributed by atoms with Gasteiger partial charge in [-0.15, -0.1) is 0 Å². The molecule has 0 bridgehead atoms. The minimum Gasteiger partial charge on any atom is -0.467 e. The molecule has 3 heteroatoms. The first-order valence-corrected chi connectivity index (χ1v) is 7.84. The quantitative estimate of drug-likeness (QED) is 0.834. The minimum atomic E-state index is 0.498. The fourth-order valence-electron chi connectivity index (χ4n) is 2.62. The van der Waals surface area contributed by atoms with Crippen LogP contribution < -0.4 is 10.2 Å². The molecule has 21 heavy (non-hydrogen) atoms. The van der Waals surface area contributed by atoms with Gasteiger partial charge in [0.05, 0.1) is 12.8 Å². The van der Waals surface area contributed by atoms with Crippen molar-refractivity contribution in [1.29, 1.82) is 0 Å². The number of nitrogens with one attached hydrogen (secondary N) is 1. The summed E-state index contributed by atoms with van der Waals surface area (Å²) in [6.07, 6.45) is 4.33. The highest BCUT2D eigenvalue weighted by molar-refractivity contribution is 5.55. The summed E-state index contributed by atoms with van der Waals surface area (Å²) in [5, 5.41) is 3.53. The number of nitrogens with zero attached hydrogens (tertiary/aromatic N) is 1. The van der Waals surface area contributed by atoms with E-state index in [9.17, 15) is 0 Å². The number of benzene rings is 1. The summed E-state index contributed by atoms with van der Waals surface area (Å²) in [5.74, 6) is 1.04. The van der Waals surface area contributed by atoms with Crippen molar-refractivity contribution in [3.8, 4) is 0 Å². The third kappa shape index (κ3) is 3.67. The zero-order valence-corrected chi connectivity index (χ0v) is 12.9. The van der Waals surface area contributed by atoms with E-state index in [1.807, 2.05) is 6.07 Å². The Kier molecular flexibility index (Phi) is 4.30. The molecule has 1 aliphatic rings. The van der Waals surface area contributed by atoms with Crippen LogP contribution in [0.1, 0.15) is 38.0 Å². The zero-order valence-electron chi connectivity index (χ0n) is 12.9. The van der Waals surface area contributed by atoms with Crippen molar-refractivity contribution in [1.82, 2.24) is 5.32 Å². The Balaban J connectivity index is 1.81. The first kappa shape index (κ1) is 14.2. The van der Waals surface area contributed by atoms with E-state index in [-0.39, 0.29) is 0 Å². The smallest absolute Gasteiger partial charge is 0.123 e. The second-order valence-electron chi connectivity index (χ2n) is 6.10. The highest BCUT2D eigenvalue weighted by atomic mass is 16.3. The second kappa shape index (κ2) is 6.35. The summed E-state index contributed by atoms with van der Waals surface area (Å²) in [4.78, 5) is 2.50. The molecule has 0 radical (unpaired) electrons. The van der Waals surface area contributed by atoms with Gasteiger partial charge >= 0.3 is 0 Å². The molecule has 0 saturated heterocycles. The van der Waals surface area contributed by atoms with Crippen LogP contribution in [0.15, 0.2) is 47.1 Å². The molecular weight excluding hydrogens is 260 g/mol. The maximum absolute atomic E-state index is 5.54. The molecule has 0 amide bonds. The lowest BCUT2D eigenvalue weighted by Crippen LogP contribution is -2.28. The lowest BCUT2D eigenvalue weighted by Gasteiger charge is -2.26. The molecule has 0 unspecified atom stereocenters. The van der Waals surface area contributed by atoms with Gasteiger partial charge in [-0.05, 0) is 36.6 Å². The summed E-state index contributed by atoms with van der Waals surface area (Å²) in [5.41, 5.74) is 2.70. The number of anilines is 1. The van der Waals surface area contributed by atoms with Gasteiger partial charge < -0.3 is 14.6 Å². The van der Waals surface area contributed by atoms with E-state index in [1.165, 1.54) is 24.1 Å². The van der Waals surface area contributed by atoms with Crippen LogP contribution in [0.2, 0.25) is 0 Å². The van der Waals surface area contributed by atoms with E-state index in [2.05, 4.69) is 54.4 Å². The van der Waals surface area contributed by atoms with E-state index in [1.54, 1.807) is 6.26 Å². The third-order valence-electron chi connectivity index (χ3n) is 3.90. The molecule has 1 fully saturated rings. The van der Waals surface area contributed by atoms with Gasteiger partial charge in [0.1, 0.15) is 5.76 Å². The van der Waals surface area contributed by atoms with Gasteiger partial charge in [0.2, 0.25) is 0 Å². The van der Waals surface area contributed by atoms with Crippen LogP contribution in [-0.2, 0) is 13.1 Å². The standard InChI is InChI=1S/C18H24N2O/c1-14(2)19-12-15-6-3-4-8-18(15)20(16-9-10-16)13-17-7-5-11-21-17/h3-8,11,14,16,19H,9-10,12-13H2,1-2H3. The van der Waals surface area contributed by atoms with Gasteiger partial charge in [-0.1, -0.05) is 32.0 Å². The van der Waals surface area contributed by atoms with Crippen LogP contribution in [0, 0.1) is 0 Å². The molecule has 1 saturated carbocycles. The number of hydrogen-bond donors (Lipinski definition) is 1. The summed E-state index contributed by atoms with van der Waals surface area (Å²) < 4.78 is 5.54. The van der Waals surface area contributed by atoms with Crippen molar-refractivity contribution in [3.05, 3.63) is 54.0 Å². The van der Waals surface area contributed by atoms with E-state index in [0.29, 0.717) is 12.1 Å². The molecule has 112 valence electrons. The average molecular weight is 284 g/mol. The number of hydrogen-bond acceptors (Lipinski definition) is 3. The highest BCUT2D eigenvalue weighted by Crippen LogP contribution is 2.35. The van der Waals surface area contributed by atoms with Crippen LogP contribution in [0.4, 0.5) is 5.69 Å². The Morgan fingerprint density at radius 1 is 1.19 bits per heavy atom. The summed E-state index contributed by atoms with van der Waals surface area (Å²) in [7, 11) is 0. The summed E-state index contributed by atoms with van der Waals surface area (Å²) in [6, 6.07) is 13.9. The number of furan rings is 1. The predicted octanol–water partition coefficient (Wildman–Crippen LogP) is 3.95. The molecule has 1 aliphatic carbocycles. The average Bonchev–Trinajstić information content (AvgIpc) is 3.20. The monoisotopic (exact) mass is 284 g/mol. The fraction of sp³-hybridized carbons (Fsp3) is 0.444. The maximum atomic E-state index is 5.54. The van der Waals surface area contributed by atoms with Crippen LogP contribution >= 0.6 is 0 Å². The van der Waals surface area contributed by atoms with Gasteiger partial charge in [-0.25, -0.2) is 0 Å². The fourth-order valence-corrected chi connectivity index (χ4v) is 2.62. The molecule has 2 aromatic rings. The zero-order chi connectivity index (χ0) is 14.7. The number of rotatable bonds is 7. The summed E-state index contributed by atoms with van der Waals surface area (Å²) >= 11 is 0. The Morgan fingerprint density at radius 3 is 2.67 bits per heavy atom. The van der Waals surface area contributed by atoms with E-state index in [4.69, 9.17) is 4.42 Å². The topological polar surface area (TPSA) is 28.4 Å². The minimum absolute atomic E-state index is 0.498. The van der Waals surface area contributed by atoms with E-state index in [0.717, 1.165) is 18.8 Å². The van der Waals surface area contributed by atoms with Crippen LogP contribution in [0.3, 0.4) is 0 Å². The largest absolute Gasteiger partial charge is 0.467 e. The van der Waals surface area contributed by atoms with Crippen LogP contribution in [0.5, 0.6) is 0 Å². The molecule has 0 aliphatic heterocycles. The molecule has 3 rings (SSSR count).